The predicted octanol–water partition coefficient (Wildman–Crippen LogP) is 5.91. The van der Waals surface area contributed by atoms with Gasteiger partial charge in [-0.05, 0) is 31.2 Å². The summed E-state index contributed by atoms with van der Waals surface area (Å²) in [4.78, 5) is 37.5. The topological polar surface area (TPSA) is 69.7 Å². The molecular weight excluding hydrogens is 416 g/mol. The molecule has 0 radical (unpaired) electrons. The Balaban J connectivity index is 1.44. The number of benzene rings is 2. The Bertz CT molecular complexity index is 878. The number of Topliss-reactive ketones (excluding diaryl/α,β-unsaturated/α-hetero) is 1. The lowest BCUT2D eigenvalue weighted by molar-refractivity contribution is -0.150. The Morgan fingerprint density at radius 1 is 0.636 bits per heavy atom. The number of esters is 2. The van der Waals surface area contributed by atoms with Crippen molar-refractivity contribution < 1.29 is 23.9 Å². The van der Waals surface area contributed by atoms with Crippen LogP contribution in [0.25, 0.3) is 0 Å². The van der Waals surface area contributed by atoms with Gasteiger partial charge in [-0.1, -0.05) is 92.8 Å². The Labute approximate surface area is 196 Å². The van der Waals surface area contributed by atoms with Gasteiger partial charge < -0.3 is 9.47 Å². The third kappa shape index (κ3) is 8.49. The maximum absolute atomic E-state index is 12.6. The van der Waals surface area contributed by atoms with Crippen LogP contribution in [0.2, 0.25) is 0 Å². The van der Waals surface area contributed by atoms with E-state index in [-0.39, 0.29) is 36.2 Å². The number of hydrogen-bond donors (Lipinski definition) is 0. The van der Waals surface area contributed by atoms with E-state index in [2.05, 4.69) is 0 Å². The van der Waals surface area contributed by atoms with Crippen LogP contribution in [0.4, 0.5) is 0 Å². The molecule has 176 valence electrons. The van der Waals surface area contributed by atoms with E-state index in [1.165, 1.54) is 0 Å². The number of rotatable bonds is 7. The van der Waals surface area contributed by atoms with Gasteiger partial charge in [0.05, 0.1) is 11.8 Å². The summed E-state index contributed by atoms with van der Waals surface area (Å²) in [6, 6.07) is 18.6. The van der Waals surface area contributed by atoms with Gasteiger partial charge in [-0.15, -0.1) is 0 Å². The van der Waals surface area contributed by atoms with Crippen molar-refractivity contribution in [3.8, 4) is 0 Å². The molecule has 5 nitrogen and oxygen atoms in total. The highest BCUT2D eigenvalue weighted by molar-refractivity contribution is 5.97. The largest absolute Gasteiger partial charge is 0.461 e. The number of carbonyl (C=O) groups excluding carboxylic acids is 3. The molecule has 2 unspecified atom stereocenters. The first-order valence-electron chi connectivity index (χ1n) is 12.1. The van der Waals surface area contributed by atoms with Gasteiger partial charge in [-0.25, -0.2) is 0 Å². The van der Waals surface area contributed by atoms with E-state index in [9.17, 15) is 14.4 Å². The van der Waals surface area contributed by atoms with Crippen LogP contribution in [0.3, 0.4) is 0 Å². The fraction of sp³-hybridized carbons (Fsp3) is 0.464. The Kier molecular flexibility index (Phi) is 10.1. The molecule has 33 heavy (non-hydrogen) atoms. The molecule has 0 aliphatic heterocycles. The van der Waals surface area contributed by atoms with Crippen LogP contribution < -0.4 is 0 Å². The van der Waals surface area contributed by atoms with E-state index in [0.29, 0.717) is 12.2 Å². The fourth-order valence-corrected chi connectivity index (χ4v) is 4.31. The van der Waals surface area contributed by atoms with E-state index in [4.69, 9.17) is 9.47 Å². The van der Waals surface area contributed by atoms with Crippen LogP contribution in [-0.2, 0) is 25.7 Å². The highest BCUT2D eigenvalue weighted by atomic mass is 16.5. The summed E-state index contributed by atoms with van der Waals surface area (Å²) in [7, 11) is 0. The molecule has 5 heteroatoms. The molecule has 0 saturated heterocycles. The average molecular weight is 451 g/mol. The van der Waals surface area contributed by atoms with Crippen LogP contribution in [0, 0.1) is 11.8 Å². The molecule has 1 fully saturated rings. The second-order valence-electron chi connectivity index (χ2n) is 8.81. The van der Waals surface area contributed by atoms with Crippen LogP contribution in [0.5, 0.6) is 0 Å². The fourth-order valence-electron chi connectivity index (χ4n) is 4.31. The van der Waals surface area contributed by atoms with Crippen molar-refractivity contribution in [2.24, 2.45) is 11.8 Å². The molecule has 2 aromatic rings. The highest BCUT2D eigenvalue weighted by Gasteiger charge is 2.24. The van der Waals surface area contributed by atoms with E-state index in [1.54, 1.807) is 24.3 Å². The molecule has 1 aliphatic carbocycles. The van der Waals surface area contributed by atoms with Crippen LogP contribution in [0.1, 0.15) is 73.7 Å². The lowest BCUT2D eigenvalue weighted by Crippen LogP contribution is -2.21. The molecule has 2 atom stereocenters. The van der Waals surface area contributed by atoms with Gasteiger partial charge in [-0.2, -0.15) is 0 Å². The highest BCUT2D eigenvalue weighted by Crippen LogP contribution is 2.26. The molecule has 0 amide bonds. The van der Waals surface area contributed by atoms with Gasteiger partial charge in [-0.3, -0.25) is 14.4 Å². The summed E-state index contributed by atoms with van der Waals surface area (Å²) < 4.78 is 10.9. The Morgan fingerprint density at radius 3 is 1.70 bits per heavy atom. The van der Waals surface area contributed by atoms with E-state index >= 15 is 0 Å². The molecule has 1 aliphatic rings. The van der Waals surface area contributed by atoms with Crippen molar-refractivity contribution in [2.45, 2.75) is 64.4 Å². The van der Waals surface area contributed by atoms with Crippen LogP contribution in [0.15, 0.2) is 60.7 Å². The molecule has 3 rings (SSSR count). The zero-order chi connectivity index (χ0) is 23.3. The number of ketones is 1. The van der Waals surface area contributed by atoms with Crippen molar-refractivity contribution in [3.05, 3.63) is 71.8 Å². The standard InChI is InChI=1S/C28H34O5/c29-26(23-14-6-2-7-15-23)21-33-28(31)25-17-9-3-8-16-24(18-10-11-19-25)27(30)32-20-22-12-4-1-5-13-22/h1-2,4-7,12-15,24-25H,3,8-11,16-21H2. The predicted molar refractivity (Wildman–Crippen MR) is 127 cm³/mol. The van der Waals surface area contributed by atoms with Gasteiger partial charge in [0, 0.05) is 5.56 Å². The maximum Gasteiger partial charge on any atom is 0.309 e. The zero-order valence-corrected chi connectivity index (χ0v) is 19.2. The van der Waals surface area contributed by atoms with Gasteiger partial charge in [0.2, 0.25) is 0 Å². The summed E-state index contributed by atoms with van der Waals surface area (Å²) >= 11 is 0. The number of carbonyl (C=O) groups is 3. The molecule has 0 aromatic heterocycles. The van der Waals surface area contributed by atoms with Crippen molar-refractivity contribution in [3.63, 3.8) is 0 Å². The SMILES string of the molecule is O=C(COC(=O)C1CCCCCC(C(=O)OCc2ccccc2)CCCC1)c1ccccc1. The summed E-state index contributed by atoms with van der Waals surface area (Å²) in [5, 5.41) is 0. The van der Waals surface area contributed by atoms with Gasteiger partial charge in [0.1, 0.15) is 6.61 Å². The first-order valence-corrected chi connectivity index (χ1v) is 12.1. The lowest BCUT2D eigenvalue weighted by Gasteiger charge is -2.16. The van der Waals surface area contributed by atoms with Crippen molar-refractivity contribution in [2.75, 3.05) is 6.61 Å². The maximum atomic E-state index is 12.6. The summed E-state index contributed by atoms with van der Waals surface area (Å²) in [6.45, 7) is 0.0977. The van der Waals surface area contributed by atoms with Gasteiger partial charge >= 0.3 is 11.9 Å². The second-order valence-corrected chi connectivity index (χ2v) is 8.81. The van der Waals surface area contributed by atoms with Crippen LogP contribution >= 0.6 is 0 Å². The lowest BCUT2D eigenvalue weighted by atomic mass is 9.94. The molecule has 0 spiro atoms. The Morgan fingerprint density at radius 2 is 1.12 bits per heavy atom. The van der Waals surface area contributed by atoms with E-state index in [1.807, 2.05) is 36.4 Å². The average Bonchev–Trinajstić information content (AvgIpc) is 2.91. The Hall–Kier alpha value is -2.95. The van der Waals surface area contributed by atoms with E-state index < -0.39 is 0 Å². The molecule has 1 saturated carbocycles. The minimum atomic E-state index is -0.280. The molecule has 0 N–H and O–H groups in total. The number of ether oxygens (including phenoxy) is 2. The quantitative estimate of drug-likeness (QED) is 0.387. The zero-order valence-electron chi connectivity index (χ0n) is 19.2. The molecule has 0 bridgehead atoms. The minimum absolute atomic E-state index is 0.0827. The van der Waals surface area contributed by atoms with E-state index in [0.717, 1.165) is 63.4 Å². The first kappa shape index (κ1) is 24.7. The molecule has 2 aromatic carbocycles. The third-order valence-corrected chi connectivity index (χ3v) is 6.29. The van der Waals surface area contributed by atoms with Crippen LogP contribution in [-0.4, -0.2) is 24.3 Å². The first-order chi connectivity index (χ1) is 16.1. The van der Waals surface area contributed by atoms with Crippen molar-refractivity contribution in [1.82, 2.24) is 0 Å². The monoisotopic (exact) mass is 450 g/mol. The summed E-state index contributed by atoms with van der Waals surface area (Å²) in [5.74, 6) is -0.848. The number of hydrogen-bond acceptors (Lipinski definition) is 5. The van der Waals surface area contributed by atoms with Gasteiger partial charge in [0.15, 0.2) is 12.4 Å². The smallest absolute Gasteiger partial charge is 0.309 e. The third-order valence-electron chi connectivity index (χ3n) is 6.29. The minimum Gasteiger partial charge on any atom is -0.461 e. The summed E-state index contributed by atoms with van der Waals surface area (Å²) in [6.07, 6.45) is 7.65. The molecule has 0 heterocycles. The molecular formula is C28H34O5. The van der Waals surface area contributed by atoms with Crippen molar-refractivity contribution >= 4 is 17.7 Å². The normalized spacial score (nSPS) is 19.6. The van der Waals surface area contributed by atoms with Crippen molar-refractivity contribution in [1.29, 1.82) is 0 Å². The van der Waals surface area contributed by atoms with Gasteiger partial charge in [0.25, 0.3) is 0 Å². The second kappa shape index (κ2) is 13.6. The summed E-state index contributed by atoms with van der Waals surface area (Å²) in [5.41, 5.74) is 1.55.